The molecule has 7 nitrogen and oxygen atoms in total. The lowest BCUT2D eigenvalue weighted by Crippen LogP contribution is -2.32. The Morgan fingerprint density at radius 1 is 0.881 bits per heavy atom. The quantitative estimate of drug-likeness (QED) is 0.124. The molecule has 0 aliphatic rings. The number of nitrogens with zero attached hydrogens (tertiary/aromatic N) is 1. The van der Waals surface area contributed by atoms with Crippen LogP contribution in [0, 0.1) is 0 Å². The van der Waals surface area contributed by atoms with Crippen molar-refractivity contribution in [1.29, 1.82) is 0 Å². The minimum absolute atomic E-state index is 0.0234. The van der Waals surface area contributed by atoms with Crippen LogP contribution in [0.3, 0.4) is 0 Å². The number of carbonyl (C=O) groups excluding carboxylic acids is 2. The molecule has 0 bridgehead atoms. The van der Waals surface area contributed by atoms with Crippen molar-refractivity contribution in [3.05, 3.63) is 125 Å². The summed E-state index contributed by atoms with van der Waals surface area (Å²) in [4.78, 5) is 39.4. The van der Waals surface area contributed by atoms with Crippen LogP contribution in [0.1, 0.15) is 41.3 Å². The summed E-state index contributed by atoms with van der Waals surface area (Å²) in [5.41, 5.74) is 3.01. The van der Waals surface area contributed by atoms with Crippen LogP contribution < -0.4 is 15.0 Å². The number of aliphatic carboxylic acids is 1. The van der Waals surface area contributed by atoms with Gasteiger partial charge in [-0.05, 0) is 60.5 Å². The number of carboxylic acid groups (broad SMARTS) is 1. The average molecular weight is 585 g/mol. The molecular weight excluding hydrogens is 552 g/mol. The molecular formula is C34H33ClN2O5. The van der Waals surface area contributed by atoms with Gasteiger partial charge in [-0.3, -0.25) is 9.59 Å². The van der Waals surface area contributed by atoms with Gasteiger partial charge in [0.2, 0.25) is 5.91 Å². The van der Waals surface area contributed by atoms with E-state index in [0.717, 1.165) is 11.3 Å². The summed E-state index contributed by atoms with van der Waals surface area (Å²) in [6.07, 6.45) is 1.23. The highest BCUT2D eigenvalue weighted by atomic mass is 35.5. The number of para-hydroxylation sites is 1. The lowest BCUT2D eigenvalue weighted by molar-refractivity contribution is -0.137. The number of anilines is 2. The molecule has 4 aromatic carbocycles. The number of ether oxygens (including phenoxy) is 1. The Hall–Kier alpha value is -4.62. The fourth-order valence-corrected chi connectivity index (χ4v) is 4.65. The normalized spacial score (nSPS) is 11.4. The molecule has 0 aliphatic carbocycles. The van der Waals surface area contributed by atoms with E-state index in [9.17, 15) is 19.5 Å². The Bertz CT molecular complexity index is 1490. The van der Waals surface area contributed by atoms with Crippen LogP contribution in [0.5, 0.6) is 5.75 Å². The number of hydrogen-bond donors (Lipinski definition) is 2. The first kappa shape index (κ1) is 30.3. The van der Waals surface area contributed by atoms with E-state index in [1.807, 2.05) is 37.3 Å². The maximum Gasteiger partial charge on any atom is 0.326 e. The lowest BCUT2D eigenvalue weighted by Gasteiger charge is -2.22. The fraction of sp³-hybridized carbons (Fsp3) is 0.206. The zero-order valence-electron chi connectivity index (χ0n) is 23.3. The number of benzene rings is 4. The molecule has 0 radical (unpaired) electrons. The average Bonchev–Trinajstić information content (AvgIpc) is 3.02. The van der Waals surface area contributed by atoms with Crippen molar-refractivity contribution in [3.8, 4) is 5.75 Å². The minimum Gasteiger partial charge on any atom is -0.494 e. The Labute approximate surface area is 250 Å². The van der Waals surface area contributed by atoms with Crippen molar-refractivity contribution in [1.82, 2.24) is 0 Å². The zero-order chi connectivity index (χ0) is 29.9. The molecule has 0 spiro atoms. The molecule has 0 heterocycles. The van der Waals surface area contributed by atoms with E-state index in [4.69, 9.17) is 16.3 Å². The smallest absolute Gasteiger partial charge is 0.326 e. The summed E-state index contributed by atoms with van der Waals surface area (Å²) >= 11 is 5.99. The molecule has 2 N–H and O–H groups in total. The lowest BCUT2D eigenvalue weighted by atomic mass is 10.00. The van der Waals surface area contributed by atoms with E-state index in [2.05, 4.69) is 5.32 Å². The fourth-order valence-electron chi connectivity index (χ4n) is 4.52. The van der Waals surface area contributed by atoms with Crippen LogP contribution >= 0.6 is 11.6 Å². The van der Waals surface area contributed by atoms with Crippen LogP contribution in [0.4, 0.5) is 11.4 Å². The van der Waals surface area contributed by atoms with Crippen molar-refractivity contribution in [3.63, 3.8) is 0 Å². The Morgan fingerprint density at radius 2 is 1.55 bits per heavy atom. The van der Waals surface area contributed by atoms with Gasteiger partial charge in [0.1, 0.15) is 11.8 Å². The summed E-state index contributed by atoms with van der Waals surface area (Å²) < 4.78 is 5.88. The van der Waals surface area contributed by atoms with Gasteiger partial charge in [-0.25, -0.2) is 4.79 Å². The van der Waals surface area contributed by atoms with E-state index >= 15 is 0 Å². The van der Waals surface area contributed by atoms with Gasteiger partial charge in [0.15, 0.2) is 5.78 Å². The third-order valence-corrected chi connectivity index (χ3v) is 6.99. The van der Waals surface area contributed by atoms with E-state index < -0.39 is 12.0 Å². The van der Waals surface area contributed by atoms with Crippen LogP contribution in [-0.2, 0) is 16.0 Å². The van der Waals surface area contributed by atoms with Gasteiger partial charge in [0.25, 0.3) is 0 Å². The van der Waals surface area contributed by atoms with Gasteiger partial charge in [0.05, 0.1) is 6.61 Å². The number of nitrogens with one attached hydrogen (secondary N) is 1. The second-order valence-electron chi connectivity index (χ2n) is 9.70. The molecule has 4 aromatic rings. The van der Waals surface area contributed by atoms with Crippen LogP contribution in [0.15, 0.2) is 103 Å². The Balaban J connectivity index is 1.34. The van der Waals surface area contributed by atoms with E-state index in [1.165, 1.54) is 0 Å². The van der Waals surface area contributed by atoms with Gasteiger partial charge < -0.3 is 20.1 Å². The first-order valence-electron chi connectivity index (χ1n) is 13.8. The second kappa shape index (κ2) is 14.8. The van der Waals surface area contributed by atoms with Crippen LogP contribution in [0.25, 0.3) is 0 Å². The monoisotopic (exact) mass is 584 g/mol. The van der Waals surface area contributed by atoms with Crippen molar-refractivity contribution >= 4 is 40.6 Å². The summed E-state index contributed by atoms with van der Waals surface area (Å²) in [6, 6.07) is 29.3. The van der Waals surface area contributed by atoms with Crippen LogP contribution in [0.2, 0.25) is 5.02 Å². The number of rotatable bonds is 14. The Kier molecular flexibility index (Phi) is 10.7. The topological polar surface area (TPSA) is 95.9 Å². The predicted octanol–water partition coefficient (Wildman–Crippen LogP) is 6.89. The third kappa shape index (κ3) is 8.21. The number of halogens is 1. The summed E-state index contributed by atoms with van der Waals surface area (Å²) in [5, 5.41) is 13.6. The number of carboxylic acids is 1. The molecule has 0 fully saturated rings. The molecule has 0 aliphatic heterocycles. The largest absolute Gasteiger partial charge is 0.494 e. The van der Waals surface area contributed by atoms with Gasteiger partial charge in [-0.2, -0.15) is 0 Å². The molecule has 1 amide bonds. The van der Waals surface area contributed by atoms with Gasteiger partial charge in [-0.1, -0.05) is 73.1 Å². The van der Waals surface area contributed by atoms with E-state index in [0.29, 0.717) is 53.6 Å². The molecule has 216 valence electrons. The summed E-state index contributed by atoms with van der Waals surface area (Å²) in [5.74, 6) is -0.531. The third-order valence-electron chi connectivity index (χ3n) is 6.74. The predicted molar refractivity (Wildman–Crippen MR) is 166 cm³/mol. The molecule has 0 saturated carbocycles. The number of carbonyl (C=O) groups is 3. The van der Waals surface area contributed by atoms with Crippen molar-refractivity contribution in [2.75, 3.05) is 23.4 Å². The number of amides is 1. The van der Waals surface area contributed by atoms with Crippen molar-refractivity contribution in [2.24, 2.45) is 0 Å². The highest BCUT2D eigenvalue weighted by molar-refractivity contribution is 6.30. The first-order valence-corrected chi connectivity index (χ1v) is 14.2. The minimum atomic E-state index is -1.02. The summed E-state index contributed by atoms with van der Waals surface area (Å²) in [7, 11) is 0. The number of ketones is 1. The highest BCUT2D eigenvalue weighted by Crippen LogP contribution is 2.23. The standard InChI is InChI=1S/C34H33ClN2O5/c1-2-32(38)37(27-17-15-26(35)16-18-27)21-8-22-42-28-19-13-24(14-20-28)23-31(34(40)41)36-30-12-7-6-11-29(30)33(39)25-9-4-3-5-10-25/h3-7,9-20,31,36H,2,8,21-23H2,1H3,(H,40,41)/t31-/m0/s1. The highest BCUT2D eigenvalue weighted by Gasteiger charge is 2.21. The molecule has 0 saturated heterocycles. The molecule has 1 atom stereocenters. The van der Waals surface area contributed by atoms with Crippen LogP contribution in [-0.4, -0.2) is 42.0 Å². The number of hydrogen-bond acceptors (Lipinski definition) is 5. The summed E-state index contributed by atoms with van der Waals surface area (Å²) in [6.45, 7) is 2.75. The molecule has 42 heavy (non-hydrogen) atoms. The van der Waals surface area contributed by atoms with E-state index in [1.54, 1.807) is 77.7 Å². The van der Waals surface area contributed by atoms with Crippen molar-refractivity contribution in [2.45, 2.75) is 32.2 Å². The van der Waals surface area contributed by atoms with E-state index in [-0.39, 0.29) is 18.1 Å². The zero-order valence-corrected chi connectivity index (χ0v) is 24.1. The maximum absolute atomic E-state index is 13.1. The molecule has 0 unspecified atom stereocenters. The first-order chi connectivity index (χ1) is 20.4. The molecule has 0 aromatic heterocycles. The van der Waals surface area contributed by atoms with Gasteiger partial charge in [-0.15, -0.1) is 0 Å². The SMILES string of the molecule is CCC(=O)N(CCCOc1ccc(C[C@H](Nc2ccccc2C(=O)c2ccccc2)C(=O)O)cc1)c1ccc(Cl)cc1. The van der Waals surface area contributed by atoms with Gasteiger partial charge >= 0.3 is 5.97 Å². The molecule has 8 heteroatoms. The maximum atomic E-state index is 13.1. The van der Waals surface area contributed by atoms with Gasteiger partial charge in [0, 0.05) is 46.9 Å². The molecule has 4 rings (SSSR count). The van der Waals surface area contributed by atoms with Crippen molar-refractivity contribution < 1.29 is 24.2 Å². The Morgan fingerprint density at radius 3 is 2.21 bits per heavy atom. The second-order valence-corrected chi connectivity index (χ2v) is 10.1.